The largest absolute Gasteiger partial charge is 0.508 e. The van der Waals surface area contributed by atoms with E-state index >= 15 is 0 Å². The molecule has 1 saturated heterocycles. The number of likely N-dealkylation sites (N-methyl/N-ethyl adjacent to an activating group) is 1. The number of nitrogens with zero attached hydrogens (tertiary/aromatic N) is 2. The second kappa shape index (κ2) is 7.36. The second-order valence-corrected chi connectivity index (χ2v) is 6.23. The summed E-state index contributed by atoms with van der Waals surface area (Å²) in [5, 5.41) is 12.2. The van der Waals surface area contributed by atoms with Crippen LogP contribution in [0, 0.1) is 0 Å². The number of hydrogen-bond donors (Lipinski definition) is 2. The lowest BCUT2D eigenvalue weighted by Crippen LogP contribution is -2.44. The summed E-state index contributed by atoms with van der Waals surface area (Å²) < 4.78 is 0. The van der Waals surface area contributed by atoms with Crippen LogP contribution in [0.4, 0.5) is 11.4 Å². The summed E-state index contributed by atoms with van der Waals surface area (Å²) in [6.45, 7) is 4.21. The van der Waals surface area contributed by atoms with Gasteiger partial charge in [-0.1, -0.05) is 12.1 Å². The molecule has 2 aromatic rings. The van der Waals surface area contributed by atoms with Crippen molar-refractivity contribution in [3.05, 3.63) is 54.1 Å². The molecule has 2 aromatic carbocycles. The fraction of sp³-hybridized carbons (Fsp3) is 0.316. The maximum absolute atomic E-state index is 12.1. The number of rotatable bonds is 4. The van der Waals surface area contributed by atoms with Crippen LogP contribution < -0.4 is 10.2 Å². The van der Waals surface area contributed by atoms with Gasteiger partial charge >= 0.3 is 0 Å². The molecule has 0 radical (unpaired) electrons. The average molecular weight is 325 g/mol. The van der Waals surface area contributed by atoms with Crippen LogP contribution in [-0.4, -0.2) is 49.1 Å². The van der Waals surface area contributed by atoms with Gasteiger partial charge in [0.25, 0.3) is 0 Å². The fourth-order valence-electron chi connectivity index (χ4n) is 2.82. The van der Waals surface area contributed by atoms with Crippen LogP contribution in [0.3, 0.4) is 0 Å². The predicted octanol–water partition coefficient (Wildman–Crippen LogP) is 2.33. The maximum Gasteiger partial charge on any atom is 0.228 e. The number of carbonyl (C=O) groups excluding carboxylic acids is 1. The third kappa shape index (κ3) is 4.26. The highest BCUT2D eigenvalue weighted by molar-refractivity contribution is 5.92. The summed E-state index contributed by atoms with van der Waals surface area (Å²) in [5.41, 5.74) is 2.87. The van der Waals surface area contributed by atoms with E-state index in [0.717, 1.165) is 37.4 Å². The molecule has 0 atom stereocenters. The number of piperazine rings is 1. The molecule has 5 heteroatoms. The van der Waals surface area contributed by atoms with Crippen LogP contribution in [0.5, 0.6) is 5.75 Å². The van der Waals surface area contributed by atoms with Gasteiger partial charge < -0.3 is 20.2 Å². The smallest absolute Gasteiger partial charge is 0.228 e. The lowest BCUT2D eigenvalue weighted by molar-refractivity contribution is -0.115. The van der Waals surface area contributed by atoms with Crippen molar-refractivity contribution < 1.29 is 9.90 Å². The molecule has 5 nitrogen and oxygen atoms in total. The van der Waals surface area contributed by atoms with Crippen LogP contribution in [0.2, 0.25) is 0 Å². The molecule has 0 unspecified atom stereocenters. The lowest BCUT2D eigenvalue weighted by atomic mass is 10.1. The molecule has 0 spiro atoms. The summed E-state index contributed by atoms with van der Waals surface area (Å²) in [6, 6.07) is 14.7. The van der Waals surface area contributed by atoms with Crippen molar-refractivity contribution in [2.45, 2.75) is 6.42 Å². The number of nitrogens with one attached hydrogen (secondary N) is 1. The Morgan fingerprint density at radius 1 is 1.00 bits per heavy atom. The Labute approximate surface area is 142 Å². The highest BCUT2D eigenvalue weighted by Gasteiger charge is 2.14. The van der Waals surface area contributed by atoms with Crippen molar-refractivity contribution in [2.24, 2.45) is 0 Å². The molecule has 1 aliphatic heterocycles. The van der Waals surface area contributed by atoms with Crippen molar-refractivity contribution in [3.8, 4) is 5.75 Å². The Morgan fingerprint density at radius 3 is 2.25 bits per heavy atom. The van der Waals surface area contributed by atoms with E-state index in [2.05, 4.69) is 34.3 Å². The highest BCUT2D eigenvalue weighted by Crippen LogP contribution is 2.19. The van der Waals surface area contributed by atoms with Gasteiger partial charge in [-0.15, -0.1) is 0 Å². The van der Waals surface area contributed by atoms with Gasteiger partial charge in [-0.05, 0) is 49.0 Å². The molecular weight excluding hydrogens is 302 g/mol. The quantitative estimate of drug-likeness (QED) is 0.906. The zero-order chi connectivity index (χ0) is 16.9. The van der Waals surface area contributed by atoms with Crippen molar-refractivity contribution >= 4 is 17.3 Å². The van der Waals surface area contributed by atoms with E-state index in [1.807, 2.05) is 12.1 Å². The molecule has 1 heterocycles. The molecule has 1 amide bonds. The van der Waals surface area contributed by atoms with E-state index in [9.17, 15) is 9.90 Å². The average Bonchev–Trinajstić information content (AvgIpc) is 2.58. The van der Waals surface area contributed by atoms with Crippen LogP contribution >= 0.6 is 0 Å². The van der Waals surface area contributed by atoms with Crippen molar-refractivity contribution in [2.75, 3.05) is 43.4 Å². The summed E-state index contributed by atoms with van der Waals surface area (Å²) in [6.07, 6.45) is 0.292. The van der Waals surface area contributed by atoms with Crippen LogP contribution in [0.15, 0.2) is 48.5 Å². The standard InChI is InChI=1S/C19H23N3O2/c1-21-10-12-22(13-11-21)17-6-4-16(5-7-17)20-19(24)14-15-2-8-18(23)9-3-15/h2-9,23H,10-14H2,1H3,(H,20,24). The first-order valence-corrected chi connectivity index (χ1v) is 8.21. The highest BCUT2D eigenvalue weighted by atomic mass is 16.3. The van der Waals surface area contributed by atoms with Crippen LogP contribution in [-0.2, 0) is 11.2 Å². The minimum Gasteiger partial charge on any atom is -0.508 e. The Balaban J connectivity index is 1.55. The van der Waals surface area contributed by atoms with Gasteiger partial charge in [-0.3, -0.25) is 4.79 Å². The number of aromatic hydroxyl groups is 1. The molecule has 2 N–H and O–H groups in total. The molecule has 0 aliphatic carbocycles. The molecule has 126 valence electrons. The van der Waals surface area contributed by atoms with E-state index in [-0.39, 0.29) is 11.7 Å². The zero-order valence-electron chi connectivity index (χ0n) is 13.9. The van der Waals surface area contributed by atoms with Gasteiger partial charge in [0.15, 0.2) is 0 Å². The molecule has 1 aliphatic rings. The SMILES string of the molecule is CN1CCN(c2ccc(NC(=O)Cc3ccc(O)cc3)cc2)CC1. The minimum atomic E-state index is -0.0620. The summed E-state index contributed by atoms with van der Waals surface area (Å²) in [4.78, 5) is 16.8. The van der Waals surface area contributed by atoms with Gasteiger partial charge in [0.05, 0.1) is 6.42 Å². The van der Waals surface area contributed by atoms with Crippen molar-refractivity contribution in [1.82, 2.24) is 4.90 Å². The van der Waals surface area contributed by atoms with Gasteiger partial charge in [-0.25, -0.2) is 0 Å². The molecule has 3 rings (SSSR count). The number of carbonyl (C=O) groups is 1. The Hall–Kier alpha value is -2.53. The maximum atomic E-state index is 12.1. The number of phenolic OH excluding ortho intramolecular Hbond substituents is 1. The Bertz CT molecular complexity index is 675. The molecule has 0 aromatic heterocycles. The molecular formula is C19H23N3O2. The number of anilines is 2. The molecule has 1 fully saturated rings. The first-order chi connectivity index (χ1) is 11.6. The fourth-order valence-corrected chi connectivity index (χ4v) is 2.82. The summed E-state index contributed by atoms with van der Waals surface area (Å²) in [7, 11) is 2.14. The van der Waals surface area contributed by atoms with Gasteiger partial charge in [0.1, 0.15) is 5.75 Å². The number of amides is 1. The van der Waals surface area contributed by atoms with Crippen molar-refractivity contribution in [1.29, 1.82) is 0 Å². The normalized spacial score (nSPS) is 15.3. The Morgan fingerprint density at radius 2 is 1.62 bits per heavy atom. The van der Waals surface area contributed by atoms with Gasteiger partial charge in [0, 0.05) is 37.6 Å². The number of hydrogen-bond acceptors (Lipinski definition) is 4. The monoisotopic (exact) mass is 325 g/mol. The third-order valence-corrected chi connectivity index (χ3v) is 4.32. The number of phenols is 1. The number of benzene rings is 2. The van der Waals surface area contributed by atoms with Crippen LogP contribution in [0.1, 0.15) is 5.56 Å². The van der Waals surface area contributed by atoms with E-state index in [1.165, 1.54) is 5.69 Å². The van der Waals surface area contributed by atoms with Gasteiger partial charge in [0.2, 0.25) is 5.91 Å². The topological polar surface area (TPSA) is 55.8 Å². The van der Waals surface area contributed by atoms with E-state index in [4.69, 9.17) is 0 Å². The second-order valence-electron chi connectivity index (χ2n) is 6.23. The molecule has 24 heavy (non-hydrogen) atoms. The minimum absolute atomic E-state index is 0.0620. The first-order valence-electron chi connectivity index (χ1n) is 8.21. The summed E-state index contributed by atoms with van der Waals surface area (Å²) in [5.74, 6) is 0.145. The van der Waals surface area contributed by atoms with E-state index in [1.54, 1.807) is 24.3 Å². The first kappa shape index (κ1) is 16.3. The third-order valence-electron chi connectivity index (χ3n) is 4.32. The molecule has 0 bridgehead atoms. The zero-order valence-corrected chi connectivity index (χ0v) is 13.9. The van der Waals surface area contributed by atoms with E-state index in [0.29, 0.717) is 6.42 Å². The Kier molecular flexibility index (Phi) is 5.01. The predicted molar refractivity (Wildman–Crippen MR) is 96.6 cm³/mol. The van der Waals surface area contributed by atoms with Crippen molar-refractivity contribution in [3.63, 3.8) is 0 Å². The molecule has 0 saturated carbocycles. The van der Waals surface area contributed by atoms with E-state index < -0.39 is 0 Å². The lowest BCUT2D eigenvalue weighted by Gasteiger charge is -2.34. The van der Waals surface area contributed by atoms with Crippen LogP contribution in [0.25, 0.3) is 0 Å². The summed E-state index contributed by atoms with van der Waals surface area (Å²) >= 11 is 0. The van der Waals surface area contributed by atoms with Gasteiger partial charge in [-0.2, -0.15) is 0 Å².